The number of aliphatic hydroxyl groups is 1. The zero-order chi connectivity index (χ0) is 24.9. The van der Waals surface area contributed by atoms with E-state index >= 15 is 0 Å². The maximum atomic E-state index is 13.7. The molecule has 4 aromatic rings. The van der Waals surface area contributed by atoms with Crippen molar-refractivity contribution in [1.29, 1.82) is 0 Å². The Morgan fingerprint density at radius 2 is 1.83 bits per heavy atom. The lowest BCUT2D eigenvalue weighted by Crippen LogP contribution is -2.32. The number of aromatic amines is 1. The normalized spacial score (nSPS) is 16.1. The highest BCUT2D eigenvalue weighted by atomic mass is 32.1. The molecule has 1 unspecified atom stereocenters. The van der Waals surface area contributed by atoms with Crippen LogP contribution >= 0.6 is 11.3 Å². The number of para-hydroxylation sites is 2. The van der Waals surface area contributed by atoms with E-state index in [0.717, 1.165) is 10.5 Å². The van der Waals surface area contributed by atoms with E-state index in [-0.39, 0.29) is 17.6 Å². The molecule has 1 aliphatic heterocycles. The Morgan fingerprint density at radius 3 is 2.46 bits per heavy atom. The number of hydrogen-bond donors (Lipinski definition) is 2. The fraction of sp³-hybridized carbons (Fsp3) is 0.231. The second-order valence-electron chi connectivity index (χ2n) is 8.63. The van der Waals surface area contributed by atoms with Gasteiger partial charge in [0.1, 0.15) is 5.75 Å². The van der Waals surface area contributed by atoms with Crippen LogP contribution in [0.2, 0.25) is 0 Å². The minimum atomic E-state index is -0.884. The average molecular weight is 489 g/mol. The lowest BCUT2D eigenvalue weighted by atomic mass is 9.95. The summed E-state index contributed by atoms with van der Waals surface area (Å²) in [6.07, 6.45) is -0.000391. The first kappa shape index (κ1) is 22.8. The number of aliphatic hydroxyl groups excluding tert-OH is 1. The van der Waals surface area contributed by atoms with Crippen LogP contribution in [0.1, 0.15) is 45.8 Å². The molecular weight excluding hydrogens is 464 g/mol. The highest BCUT2D eigenvalue weighted by Crippen LogP contribution is 2.42. The average Bonchev–Trinajstić information content (AvgIpc) is 3.47. The maximum Gasteiger partial charge on any atom is 0.296 e. The summed E-state index contributed by atoms with van der Waals surface area (Å²) in [5.74, 6) is -0.800. The number of imidazole rings is 1. The minimum Gasteiger partial charge on any atom is -0.503 e. The summed E-state index contributed by atoms with van der Waals surface area (Å²) in [5, 5.41) is 11.7. The standard InChI is InChI=1S/C26H24N4O4S/c1-13(2)34-17-11-9-16(10-12-17)21-20(22(31)24-14(3)27-15(4)35-24)23(32)25(33)30(21)26-28-18-7-5-6-8-19(18)29-26/h5-13,21,32H,1-4H3,(H,28,29). The number of ketones is 1. The quantitative estimate of drug-likeness (QED) is 0.361. The van der Waals surface area contributed by atoms with Gasteiger partial charge in [0.25, 0.3) is 5.91 Å². The monoisotopic (exact) mass is 488 g/mol. The molecule has 9 heteroatoms. The highest BCUT2D eigenvalue weighted by molar-refractivity contribution is 7.14. The van der Waals surface area contributed by atoms with Gasteiger partial charge in [-0.2, -0.15) is 0 Å². The molecule has 1 aliphatic rings. The van der Waals surface area contributed by atoms with E-state index in [1.807, 2.05) is 45.0 Å². The van der Waals surface area contributed by atoms with Crippen molar-refractivity contribution in [2.75, 3.05) is 4.90 Å². The first-order valence-corrected chi connectivity index (χ1v) is 12.0. The summed E-state index contributed by atoms with van der Waals surface area (Å²) >= 11 is 1.24. The Bertz CT molecular complexity index is 1450. The summed E-state index contributed by atoms with van der Waals surface area (Å²) in [6, 6.07) is 13.7. The molecular formula is C26H24N4O4S. The second-order valence-corrected chi connectivity index (χ2v) is 9.83. The van der Waals surface area contributed by atoms with E-state index in [1.165, 1.54) is 16.2 Å². The van der Waals surface area contributed by atoms with Gasteiger partial charge in [0.15, 0.2) is 5.76 Å². The zero-order valence-corrected chi connectivity index (χ0v) is 20.5. The molecule has 0 aliphatic carbocycles. The van der Waals surface area contributed by atoms with Crippen LogP contribution in [0.15, 0.2) is 59.9 Å². The molecule has 0 fully saturated rings. The molecule has 0 saturated heterocycles. The predicted molar refractivity (Wildman–Crippen MR) is 134 cm³/mol. The van der Waals surface area contributed by atoms with Crippen LogP contribution < -0.4 is 9.64 Å². The van der Waals surface area contributed by atoms with Gasteiger partial charge in [-0.15, -0.1) is 11.3 Å². The van der Waals surface area contributed by atoms with Crippen LogP contribution in [-0.4, -0.2) is 37.9 Å². The van der Waals surface area contributed by atoms with Gasteiger partial charge >= 0.3 is 0 Å². The summed E-state index contributed by atoms with van der Waals surface area (Å²) < 4.78 is 5.75. The fourth-order valence-corrected chi connectivity index (χ4v) is 5.16. The molecule has 8 nitrogen and oxygen atoms in total. The van der Waals surface area contributed by atoms with Gasteiger partial charge in [-0.25, -0.2) is 9.97 Å². The number of H-pyrrole nitrogens is 1. The number of nitrogens with zero attached hydrogens (tertiary/aromatic N) is 3. The number of benzene rings is 2. The topological polar surface area (TPSA) is 108 Å². The van der Waals surface area contributed by atoms with Gasteiger partial charge in [0.05, 0.1) is 44.3 Å². The third kappa shape index (κ3) is 3.97. The number of ether oxygens (including phenoxy) is 1. The Hall–Kier alpha value is -3.98. The molecule has 2 aromatic carbocycles. The smallest absolute Gasteiger partial charge is 0.296 e. The Balaban J connectivity index is 1.65. The number of thiazole rings is 1. The van der Waals surface area contributed by atoms with Crippen molar-refractivity contribution in [2.24, 2.45) is 0 Å². The van der Waals surface area contributed by atoms with Gasteiger partial charge in [0, 0.05) is 0 Å². The van der Waals surface area contributed by atoms with E-state index in [9.17, 15) is 14.7 Å². The van der Waals surface area contributed by atoms with Gasteiger partial charge in [0.2, 0.25) is 11.7 Å². The number of aromatic nitrogens is 3. The van der Waals surface area contributed by atoms with E-state index < -0.39 is 23.5 Å². The Kier molecular flexibility index (Phi) is 5.64. The van der Waals surface area contributed by atoms with E-state index in [4.69, 9.17) is 4.74 Å². The largest absolute Gasteiger partial charge is 0.503 e. The SMILES string of the molecule is Cc1nc(C)c(C(=O)C2=C(O)C(=O)N(c3nc4ccccc4[nH]3)C2c2ccc(OC(C)C)cc2)s1. The molecule has 1 atom stereocenters. The summed E-state index contributed by atoms with van der Waals surface area (Å²) in [4.78, 5) is 40.9. The van der Waals surface area contributed by atoms with Gasteiger partial charge < -0.3 is 14.8 Å². The lowest BCUT2D eigenvalue weighted by Gasteiger charge is -2.24. The first-order valence-electron chi connectivity index (χ1n) is 11.2. The van der Waals surface area contributed by atoms with Crippen LogP contribution in [0.25, 0.3) is 11.0 Å². The number of rotatable bonds is 6. The van der Waals surface area contributed by atoms with Crippen molar-refractivity contribution in [1.82, 2.24) is 15.0 Å². The summed E-state index contributed by atoms with van der Waals surface area (Å²) in [6.45, 7) is 7.43. The Labute approximate surface area is 205 Å². The number of anilines is 1. The predicted octanol–water partition coefficient (Wildman–Crippen LogP) is 5.21. The molecule has 0 radical (unpaired) electrons. The third-order valence-electron chi connectivity index (χ3n) is 5.74. The third-order valence-corrected chi connectivity index (χ3v) is 6.81. The van der Waals surface area contributed by atoms with Crippen LogP contribution in [0, 0.1) is 13.8 Å². The van der Waals surface area contributed by atoms with Crippen molar-refractivity contribution >= 4 is 40.0 Å². The lowest BCUT2D eigenvalue weighted by molar-refractivity contribution is -0.117. The minimum absolute atomic E-state index is 0.000246. The molecule has 2 N–H and O–H groups in total. The number of aryl methyl sites for hydroxylation is 2. The summed E-state index contributed by atoms with van der Waals surface area (Å²) in [5.41, 5.74) is 2.61. The van der Waals surface area contributed by atoms with Crippen molar-refractivity contribution in [3.8, 4) is 5.75 Å². The van der Waals surface area contributed by atoms with Crippen LogP contribution in [0.3, 0.4) is 0 Å². The molecule has 178 valence electrons. The fourth-order valence-electron chi connectivity index (χ4n) is 4.29. The van der Waals surface area contributed by atoms with Crippen molar-refractivity contribution in [2.45, 2.75) is 39.8 Å². The van der Waals surface area contributed by atoms with Crippen molar-refractivity contribution in [3.05, 3.63) is 81.0 Å². The van der Waals surface area contributed by atoms with E-state index in [2.05, 4.69) is 15.0 Å². The Morgan fingerprint density at radius 1 is 1.11 bits per heavy atom. The number of nitrogens with one attached hydrogen (secondary N) is 1. The number of Topliss-reactive ketones (excluding diaryl/α,β-unsaturated/α-hetero) is 1. The van der Waals surface area contributed by atoms with Crippen LogP contribution in [-0.2, 0) is 4.79 Å². The second kappa shape index (κ2) is 8.66. The maximum absolute atomic E-state index is 13.7. The molecule has 0 bridgehead atoms. The molecule has 35 heavy (non-hydrogen) atoms. The number of carbonyl (C=O) groups excluding carboxylic acids is 2. The van der Waals surface area contributed by atoms with E-state index in [1.54, 1.807) is 31.2 Å². The molecule has 2 aromatic heterocycles. The molecule has 0 spiro atoms. The van der Waals surface area contributed by atoms with Crippen LogP contribution in [0.5, 0.6) is 5.75 Å². The highest BCUT2D eigenvalue weighted by Gasteiger charge is 2.46. The molecule has 5 rings (SSSR count). The van der Waals surface area contributed by atoms with E-state index in [0.29, 0.717) is 27.4 Å². The molecule has 1 amide bonds. The molecule has 3 heterocycles. The van der Waals surface area contributed by atoms with Gasteiger partial charge in [-0.05, 0) is 57.5 Å². The number of fused-ring (bicyclic) bond motifs is 1. The van der Waals surface area contributed by atoms with Gasteiger partial charge in [-0.1, -0.05) is 24.3 Å². The van der Waals surface area contributed by atoms with Crippen molar-refractivity contribution in [3.63, 3.8) is 0 Å². The number of hydrogen-bond acceptors (Lipinski definition) is 7. The number of amides is 1. The number of carbonyl (C=O) groups is 2. The summed E-state index contributed by atoms with van der Waals surface area (Å²) in [7, 11) is 0. The first-order chi connectivity index (χ1) is 16.7. The molecule has 0 saturated carbocycles. The van der Waals surface area contributed by atoms with Crippen molar-refractivity contribution < 1.29 is 19.4 Å². The van der Waals surface area contributed by atoms with Crippen LogP contribution in [0.4, 0.5) is 5.95 Å². The zero-order valence-electron chi connectivity index (χ0n) is 19.7. The van der Waals surface area contributed by atoms with Gasteiger partial charge in [-0.3, -0.25) is 14.5 Å².